The number of benzene rings is 3. The minimum atomic E-state index is -0.565. The highest BCUT2D eigenvalue weighted by Crippen LogP contribution is 2.24. The summed E-state index contributed by atoms with van der Waals surface area (Å²) < 4.78 is 10.2. The van der Waals surface area contributed by atoms with Crippen LogP contribution in [0.15, 0.2) is 89.5 Å². The molecule has 4 rings (SSSR count). The number of hydrogen-bond donors (Lipinski definition) is 1. The molecule has 0 bridgehead atoms. The fraction of sp³-hybridized carbons (Fsp3) is 0.0714. The number of rotatable bonds is 8. The number of esters is 1. The molecule has 1 aromatic heterocycles. The number of ketones is 1. The Hall–Kier alpha value is -4.49. The molecule has 0 aliphatic carbocycles. The second-order valence-electron chi connectivity index (χ2n) is 7.66. The van der Waals surface area contributed by atoms with Crippen molar-refractivity contribution in [1.29, 1.82) is 0 Å². The number of aromatic nitrogens is 1. The molecule has 1 heterocycles. The molecule has 180 valence electrons. The third-order valence-electron chi connectivity index (χ3n) is 5.13. The second-order valence-corrected chi connectivity index (χ2v) is 8.09. The van der Waals surface area contributed by atoms with Crippen LogP contribution in [0.25, 0.3) is 17.4 Å². The van der Waals surface area contributed by atoms with Crippen LogP contribution in [0.1, 0.15) is 43.7 Å². The lowest BCUT2D eigenvalue weighted by molar-refractivity contribution is 0.0514. The normalized spacial score (nSPS) is 10.8. The number of nitrogens with one attached hydrogen (secondary N) is 1. The molecular weight excluding hydrogens is 480 g/mol. The molecule has 4 aromatic rings. The van der Waals surface area contributed by atoms with Crippen LogP contribution in [0.4, 0.5) is 5.69 Å². The molecule has 1 amide bonds. The van der Waals surface area contributed by atoms with Gasteiger partial charge in [0.05, 0.1) is 6.61 Å². The lowest BCUT2D eigenvalue weighted by Gasteiger charge is -2.07. The Balaban J connectivity index is 1.40. The number of ether oxygens (including phenoxy) is 1. The van der Waals surface area contributed by atoms with E-state index in [2.05, 4.69) is 10.5 Å². The average Bonchev–Trinajstić information content (AvgIpc) is 3.39. The van der Waals surface area contributed by atoms with E-state index >= 15 is 0 Å². The Kier molecular flexibility index (Phi) is 7.72. The summed E-state index contributed by atoms with van der Waals surface area (Å²) in [5, 5.41) is 7.14. The van der Waals surface area contributed by atoms with Gasteiger partial charge in [-0.1, -0.05) is 47.1 Å². The molecule has 0 unspecified atom stereocenters. The largest absolute Gasteiger partial charge is 0.461 e. The molecule has 1 N–H and O–H groups in total. The number of hydrogen-bond acceptors (Lipinski definition) is 6. The number of halogens is 1. The molecule has 0 aliphatic rings. The topological polar surface area (TPSA) is 98.5 Å². The van der Waals surface area contributed by atoms with Crippen LogP contribution < -0.4 is 5.32 Å². The van der Waals surface area contributed by atoms with E-state index in [1.165, 1.54) is 12.1 Å². The van der Waals surface area contributed by atoms with Gasteiger partial charge in [-0.25, -0.2) is 4.79 Å². The summed E-state index contributed by atoms with van der Waals surface area (Å²) in [5.41, 5.74) is 3.02. The molecule has 7 nitrogen and oxygen atoms in total. The summed E-state index contributed by atoms with van der Waals surface area (Å²) in [6.07, 6.45) is 3.16. The fourth-order valence-electron chi connectivity index (χ4n) is 3.29. The van der Waals surface area contributed by atoms with Crippen molar-refractivity contribution in [3.63, 3.8) is 0 Å². The predicted molar refractivity (Wildman–Crippen MR) is 137 cm³/mol. The maximum atomic E-state index is 12.7. The van der Waals surface area contributed by atoms with Crippen LogP contribution in [0.2, 0.25) is 5.02 Å². The van der Waals surface area contributed by atoms with Gasteiger partial charge in [-0.15, -0.1) is 0 Å². The van der Waals surface area contributed by atoms with Gasteiger partial charge in [-0.05, 0) is 67.1 Å². The van der Waals surface area contributed by atoms with Crippen molar-refractivity contribution in [3.8, 4) is 11.3 Å². The summed E-state index contributed by atoms with van der Waals surface area (Å²) in [7, 11) is 0. The van der Waals surface area contributed by atoms with Crippen LogP contribution in [-0.4, -0.2) is 29.4 Å². The van der Waals surface area contributed by atoms with E-state index in [1.54, 1.807) is 85.8 Å². The van der Waals surface area contributed by atoms with E-state index < -0.39 is 5.97 Å². The van der Waals surface area contributed by atoms with Crippen molar-refractivity contribution < 1.29 is 23.6 Å². The van der Waals surface area contributed by atoms with Gasteiger partial charge in [0.15, 0.2) is 17.2 Å². The van der Waals surface area contributed by atoms with Gasteiger partial charge in [0.1, 0.15) is 0 Å². The van der Waals surface area contributed by atoms with Crippen LogP contribution >= 0.6 is 11.6 Å². The number of allylic oxidation sites excluding steroid dienone is 1. The van der Waals surface area contributed by atoms with Gasteiger partial charge in [0, 0.05) is 33.5 Å². The van der Waals surface area contributed by atoms with E-state index in [9.17, 15) is 14.4 Å². The van der Waals surface area contributed by atoms with Crippen molar-refractivity contribution >= 4 is 41.0 Å². The van der Waals surface area contributed by atoms with Gasteiger partial charge in [-0.2, -0.15) is 0 Å². The number of carbonyl (C=O) groups excluding carboxylic acids is 3. The maximum Gasteiger partial charge on any atom is 0.360 e. The summed E-state index contributed by atoms with van der Waals surface area (Å²) in [6.45, 7) is 1.94. The van der Waals surface area contributed by atoms with E-state index in [-0.39, 0.29) is 24.0 Å². The number of anilines is 1. The van der Waals surface area contributed by atoms with Crippen LogP contribution in [-0.2, 0) is 4.74 Å². The first-order valence-corrected chi connectivity index (χ1v) is 11.4. The number of carbonyl (C=O) groups is 3. The fourth-order valence-corrected chi connectivity index (χ4v) is 3.42. The van der Waals surface area contributed by atoms with Crippen LogP contribution in [0, 0.1) is 0 Å². The van der Waals surface area contributed by atoms with Crippen molar-refractivity contribution in [1.82, 2.24) is 5.16 Å². The molecule has 0 aliphatic heterocycles. The summed E-state index contributed by atoms with van der Waals surface area (Å²) >= 11 is 5.85. The molecule has 3 aromatic carbocycles. The second kappa shape index (κ2) is 11.3. The third kappa shape index (κ3) is 6.14. The first kappa shape index (κ1) is 24.6. The Labute approximate surface area is 212 Å². The van der Waals surface area contributed by atoms with Crippen LogP contribution in [0.5, 0.6) is 0 Å². The van der Waals surface area contributed by atoms with Gasteiger partial charge in [-0.3, -0.25) is 9.59 Å². The lowest BCUT2D eigenvalue weighted by Crippen LogP contribution is -2.11. The van der Waals surface area contributed by atoms with Crippen molar-refractivity contribution in [3.05, 3.63) is 112 Å². The lowest BCUT2D eigenvalue weighted by atomic mass is 10.1. The monoisotopic (exact) mass is 500 g/mol. The van der Waals surface area contributed by atoms with E-state index in [0.717, 1.165) is 5.56 Å². The zero-order chi connectivity index (χ0) is 25.5. The standard InChI is InChI=1S/C28H21ClN2O5/c1-2-35-28(34)24-17-26(36-31-24)21-4-3-5-23(16-21)30-27(33)20-9-6-18(7-10-20)8-15-25(32)19-11-13-22(29)14-12-19/h3-17H,2H2,1H3,(H,30,33)/b15-8+. The highest BCUT2D eigenvalue weighted by atomic mass is 35.5. The van der Waals surface area contributed by atoms with Gasteiger partial charge in [0.25, 0.3) is 5.91 Å². The minimum Gasteiger partial charge on any atom is -0.461 e. The maximum absolute atomic E-state index is 12.7. The van der Waals surface area contributed by atoms with Gasteiger partial charge in [0.2, 0.25) is 0 Å². The van der Waals surface area contributed by atoms with Crippen molar-refractivity contribution in [2.75, 3.05) is 11.9 Å². The quantitative estimate of drug-likeness (QED) is 0.173. The summed E-state index contributed by atoms with van der Waals surface area (Å²) in [6, 6.07) is 22.0. The zero-order valence-electron chi connectivity index (χ0n) is 19.2. The molecule has 8 heteroatoms. The molecular formula is C28H21ClN2O5. The SMILES string of the molecule is CCOC(=O)c1cc(-c2cccc(NC(=O)c3ccc(/C=C/C(=O)c4ccc(Cl)cc4)cc3)c2)on1. The molecule has 36 heavy (non-hydrogen) atoms. The molecule has 0 atom stereocenters. The summed E-state index contributed by atoms with van der Waals surface area (Å²) in [5.74, 6) is -0.637. The Morgan fingerprint density at radius 1 is 0.972 bits per heavy atom. The van der Waals surface area contributed by atoms with Gasteiger partial charge >= 0.3 is 5.97 Å². The van der Waals surface area contributed by atoms with E-state index in [4.69, 9.17) is 20.9 Å². The van der Waals surface area contributed by atoms with Crippen molar-refractivity contribution in [2.24, 2.45) is 0 Å². The zero-order valence-corrected chi connectivity index (χ0v) is 20.0. The average molecular weight is 501 g/mol. The third-order valence-corrected chi connectivity index (χ3v) is 5.38. The van der Waals surface area contributed by atoms with E-state index in [0.29, 0.717) is 33.2 Å². The van der Waals surface area contributed by atoms with Crippen molar-refractivity contribution in [2.45, 2.75) is 6.92 Å². The molecule has 0 spiro atoms. The molecule has 0 radical (unpaired) electrons. The molecule has 0 saturated carbocycles. The molecule has 0 saturated heterocycles. The highest BCUT2D eigenvalue weighted by molar-refractivity contribution is 6.30. The highest BCUT2D eigenvalue weighted by Gasteiger charge is 2.15. The Bertz CT molecular complexity index is 1420. The summed E-state index contributed by atoms with van der Waals surface area (Å²) in [4.78, 5) is 36.8. The van der Waals surface area contributed by atoms with Crippen LogP contribution in [0.3, 0.4) is 0 Å². The smallest absolute Gasteiger partial charge is 0.360 e. The van der Waals surface area contributed by atoms with E-state index in [1.807, 2.05) is 0 Å². The first-order valence-electron chi connectivity index (χ1n) is 11.1. The van der Waals surface area contributed by atoms with Gasteiger partial charge < -0.3 is 14.6 Å². The number of nitrogens with zero attached hydrogens (tertiary/aromatic N) is 1. The number of amides is 1. The Morgan fingerprint density at radius 3 is 2.42 bits per heavy atom. The Morgan fingerprint density at radius 2 is 1.69 bits per heavy atom. The first-order chi connectivity index (χ1) is 17.4. The predicted octanol–water partition coefficient (Wildman–Crippen LogP) is 6.32. The minimum absolute atomic E-state index is 0.0743. The molecule has 0 fully saturated rings.